The van der Waals surface area contributed by atoms with E-state index in [-0.39, 0.29) is 5.56 Å². The lowest BCUT2D eigenvalue weighted by atomic mass is 10.1. The van der Waals surface area contributed by atoms with Crippen LogP contribution in [0.2, 0.25) is 0 Å². The van der Waals surface area contributed by atoms with Crippen LogP contribution in [-0.4, -0.2) is 24.5 Å². The molecule has 1 heterocycles. The summed E-state index contributed by atoms with van der Waals surface area (Å²) in [5.41, 5.74) is 0.689. The summed E-state index contributed by atoms with van der Waals surface area (Å²) in [5, 5.41) is 3.75. The normalized spacial score (nSPS) is 11.3. The van der Waals surface area contributed by atoms with Crippen LogP contribution in [0.3, 0.4) is 0 Å². The second kappa shape index (κ2) is 6.44. The van der Waals surface area contributed by atoms with Gasteiger partial charge in [-0.3, -0.25) is 4.79 Å². The molecule has 0 aliphatic rings. The number of hydrogen-bond donors (Lipinski definition) is 1. The maximum Gasteiger partial charge on any atom is 0.267 e. The van der Waals surface area contributed by atoms with Gasteiger partial charge in [-0.1, -0.05) is 29.4 Å². The van der Waals surface area contributed by atoms with Crippen molar-refractivity contribution >= 4 is 15.9 Å². The molecule has 128 valence electrons. The van der Waals surface area contributed by atoms with Crippen molar-refractivity contribution in [1.29, 1.82) is 0 Å². The van der Waals surface area contributed by atoms with Crippen LogP contribution < -0.4 is 4.72 Å². The van der Waals surface area contributed by atoms with Crippen LogP contribution in [0.15, 0.2) is 57.9 Å². The van der Waals surface area contributed by atoms with Gasteiger partial charge in [0.2, 0.25) is 11.7 Å². The number of sulfonamides is 1. The highest BCUT2D eigenvalue weighted by molar-refractivity contribution is 7.90. The lowest BCUT2D eigenvalue weighted by molar-refractivity contribution is 0.0981. The number of carbonyl (C=O) groups is 1. The van der Waals surface area contributed by atoms with Gasteiger partial charge in [0.15, 0.2) is 0 Å². The molecule has 3 aromatic rings. The van der Waals surface area contributed by atoms with Crippen molar-refractivity contribution in [1.82, 2.24) is 14.9 Å². The number of carbonyl (C=O) groups excluding carboxylic acids is 1. The maximum absolute atomic E-state index is 13.6. The number of halogens is 1. The first-order valence-electron chi connectivity index (χ1n) is 7.09. The van der Waals surface area contributed by atoms with Gasteiger partial charge in [0.1, 0.15) is 10.7 Å². The highest BCUT2D eigenvalue weighted by Gasteiger charge is 2.22. The summed E-state index contributed by atoms with van der Waals surface area (Å²) in [5.74, 6) is -1.07. The molecule has 1 aromatic heterocycles. The minimum Gasteiger partial charge on any atom is -0.339 e. The van der Waals surface area contributed by atoms with Gasteiger partial charge in [-0.05, 0) is 24.3 Å². The number of nitrogens with one attached hydrogen (secondary N) is 1. The van der Waals surface area contributed by atoms with Crippen LogP contribution in [-0.2, 0) is 10.0 Å². The van der Waals surface area contributed by atoms with Crippen LogP contribution >= 0.6 is 0 Å². The summed E-state index contributed by atoms with van der Waals surface area (Å²) in [4.78, 5) is 15.6. The number of aryl methyl sites for hydroxylation is 1. The highest BCUT2D eigenvalue weighted by Crippen LogP contribution is 2.17. The first-order chi connectivity index (χ1) is 11.9. The van der Waals surface area contributed by atoms with Crippen molar-refractivity contribution in [2.45, 2.75) is 11.8 Å². The molecule has 0 bridgehead atoms. The van der Waals surface area contributed by atoms with Crippen molar-refractivity contribution in [2.24, 2.45) is 0 Å². The van der Waals surface area contributed by atoms with E-state index < -0.39 is 26.6 Å². The molecule has 2 aromatic carbocycles. The molecule has 25 heavy (non-hydrogen) atoms. The van der Waals surface area contributed by atoms with E-state index in [1.807, 2.05) is 4.72 Å². The van der Waals surface area contributed by atoms with E-state index in [2.05, 4.69) is 10.1 Å². The van der Waals surface area contributed by atoms with Gasteiger partial charge in [-0.25, -0.2) is 17.5 Å². The Labute approximate surface area is 142 Å². The molecule has 0 aliphatic heterocycles. The average Bonchev–Trinajstić information content (AvgIpc) is 3.01. The molecule has 1 amide bonds. The fourth-order valence-electron chi connectivity index (χ4n) is 2.09. The predicted molar refractivity (Wildman–Crippen MR) is 85.5 cm³/mol. The molecule has 7 nitrogen and oxygen atoms in total. The fourth-order valence-corrected chi connectivity index (χ4v) is 3.14. The van der Waals surface area contributed by atoms with Gasteiger partial charge in [0.05, 0.1) is 0 Å². The van der Waals surface area contributed by atoms with E-state index in [4.69, 9.17) is 4.52 Å². The van der Waals surface area contributed by atoms with Crippen LogP contribution in [0.25, 0.3) is 11.4 Å². The van der Waals surface area contributed by atoms with Gasteiger partial charge in [0, 0.05) is 18.1 Å². The van der Waals surface area contributed by atoms with Crippen molar-refractivity contribution in [3.63, 3.8) is 0 Å². The Kier molecular flexibility index (Phi) is 4.32. The molecule has 3 rings (SSSR count). The largest absolute Gasteiger partial charge is 0.339 e. The Morgan fingerprint density at radius 2 is 1.80 bits per heavy atom. The van der Waals surface area contributed by atoms with Gasteiger partial charge in [0.25, 0.3) is 15.9 Å². The zero-order valence-corrected chi connectivity index (χ0v) is 13.7. The first kappa shape index (κ1) is 16.8. The molecule has 0 unspecified atom stereocenters. The van der Waals surface area contributed by atoms with Crippen molar-refractivity contribution < 1.29 is 22.1 Å². The molecule has 0 saturated heterocycles. The zero-order valence-electron chi connectivity index (χ0n) is 12.9. The molecular weight excluding hydrogens is 349 g/mol. The summed E-state index contributed by atoms with van der Waals surface area (Å²) in [6.07, 6.45) is 0. The van der Waals surface area contributed by atoms with E-state index in [0.717, 1.165) is 12.1 Å². The molecule has 0 atom stereocenters. The summed E-state index contributed by atoms with van der Waals surface area (Å²) >= 11 is 0. The van der Waals surface area contributed by atoms with Crippen LogP contribution in [0.4, 0.5) is 4.39 Å². The minimum atomic E-state index is -4.31. The molecule has 0 saturated carbocycles. The third kappa shape index (κ3) is 3.56. The molecule has 0 aliphatic carbocycles. The lowest BCUT2D eigenvalue weighted by Gasteiger charge is -2.08. The molecule has 9 heteroatoms. The third-order valence-electron chi connectivity index (χ3n) is 3.29. The van der Waals surface area contributed by atoms with E-state index in [1.54, 1.807) is 19.1 Å². The zero-order chi connectivity index (χ0) is 18.0. The van der Waals surface area contributed by atoms with Gasteiger partial charge >= 0.3 is 0 Å². The average molecular weight is 361 g/mol. The summed E-state index contributed by atoms with van der Waals surface area (Å²) in [6.45, 7) is 1.64. The number of hydrogen-bond acceptors (Lipinski definition) is 6. The monoisotopic (exact) mass is 361 g/mol. The SMILES string of the molecule is Cc1nc(-c2ccc(C(=O)NS(=O)(=O)c3ccccc3F)cc2)no1. The number of nitrogens with zero attached hydrogens (tertiary/aromatic N) is 2. The van der Waals surface area contributed by atoms with Crippen LogP contribution in [0, 0.1) is 12.7 Å². The number of amides is 1. The van der Waals surface area contributed by atoms with Crippen molar-refractivity contribution in [3.8, 4) is 11.4 Å². The Hall–Kier alpha value is -3.07. The summed E-state index contributed by atoms with van der Waals surface area (Å²) in [7, 11) is -4.31. The second-order valence-electron chi connectivity index (χ2n) is 5.08. The van der Waals surface area contributed by atoms with Crippen LogP contribution in [0.5, 0.6) is 0 Å². The smallest absolute Gasteiger partial charge is 0.267 e. The quantitative estimate of drug-likeness (QED) is 0.765. The van der Waals surface area contributed by atoms with Gasteiger partial charge in [-0.15, -0.1) is 0 Å². The predicted octanol–water partition coefficient (Wildman–Crippen LogP) is 2.30. The Balaban J connectivity index is 1.81. The molecule has 0 fully saturated rings. The summed E-state index contributed by atoms with van der Waals surface area (Å²) in [6, 6.07) is 10.7. The molecule has 0 radical (unpaired) electrons. The third-order valence-corrected chi connectivity index (χ3v) is 4.65. The van der Waals surface area contributed by atoms with E-state index in [1.165, 1.54) is 24.3 Å². The number of benzene rings is 2. The fraction of sp³-hybridized carbons (Fsp3) is 0.0625. The topological polar surface area (TPSA) is 102 Å². The Morgan fingerprint density at radius 1 is 1.12 bits per heavy atom. The highest BCUT2D eigenvalue weighted by atomic mass is 32.2. The maximum atomic E-state index is 13.6. The Morgan fingerprint density at radius 3 is 2.40 bits per heavy atom. The number of rotatable bonds is 4. The van der Waals surface area contributed by atoms with Gasteiger partial charge in [-0.2, -0.15) is 4.98 Å². The molecule has 0 spiro atoms. The lowest BCUT2D eigenvalue weighted by Crippen LogP contribution is -2.31. The summed E-state index contributed by atoms with van der Waals surface area (Å²) < 4.78 is 44.6. The van der Waals surface area contributed by atoms with Crippen molar-refractivity contribution in [2.75, 3.05) is 0 Å². The van der Waals surface area contributed by atoms with Gasteiger partial charge < -0.3 is 4.52 Å². The molecule has 1 N–H and O–H groups in total. The first-order valence-corrected chi connectivity index (χ1v) is 8.57. The van der Waals surface area contributed by atoms with E-state index in [0.29, 0.717) is 17.3 Å². The Bertz CT molecular complexity index is 1030. The van der Waals surface area contributed by atoms with Crippen LogP contribution in [0.1, 0.15) is 16.2 Å². The minimum absolute atomic E-state index is 0.0869. The molecular formula is C16H12FN3O4S. The van der Waals surface area contributed by atoms with E-state index in [9.17, 15) is 17.6 Å². The number of aromatic nitrogens is 2. The van der Waals surface area contributed by atoms with Crippen molar-refractivity contribution in [3.05, 3.63) is 65.8 Å². The van der Waals surface area contributed by atoms with E-state index >= 15 is 0 Å². The second-order valence-corrected chi connectivity index (χ2v) is 6.73. The standard InChI is InChI=1S/C16H12FN3O4S/c1-10-18-15(19-24-10)11-6-8-12(9-7-11)16(21)20-25(22,23)14-5-3-2-4-13(14)17/h2-9H,1H3,(H,20,21).